The molecule has 128 valence electrons. The van der Waals surface area contributed by atoms with Gasteiger partial charge in [0.25, 0.3) is 0 Å². The second kappa shape index (κ2) is 8.85. The number of ether oxygens (including phenoxy) is 2. The van der Waals surface area contributed by atoms with Crippen LogP contribution in [0.3, 0.4) is 0 Å². The molecular formula is C18H20ClNO3S. The molecule has 1 amide bonds. The van der Waals surface area contributed by atoms with Gasteiger partial charge >= 0.3 is 0 Å². The Hall–Kier alpha value is -1.85. The number of methoxy groups -OCH3 is 2. The van der Waals surface area contributed by atoms with Crippen molar-refractivity contribution in [1.82, 2.24) is 0 Å². The van der Waals surface area contributed by atoms with Gasteiger partial charge in [-0.3, -0.25) is 4.79 Å². The summed E-state index contributed by atoms with van der Waals surface area (Å²) in [5, 5.41) is 3.40. The Kier molecular flexibility index (Phi) is 6.82. The van der Waals surface area contributed by atoms with E-state index >= 15 is 0 Å². The van der Waals surface area contributed by atoms with E-state index in [0.29, 0.717) is 28.6 Å². The molecule has 0 aliphatic rings. The summed E-state index contributed by atoms with van der Waals surface area (Å²) in [5.74, 6) is 1.17. The Labute approximate surface area is 151 Å². The average molecular weight is 366 g/mol. The molecule has 1 unspecified atom stereocenters. The molecule has 1 atom stereocenters. The number of benzene rings is 2. The molecule has 0 radical (unpaired) electrons. The van der Waals surface area contributed by atoms with Crippen molar-refractivity contribution in [2.24, 2.45) is 0 Å². The highest BCUT2D eigenvalue weighted by Crippen LogP contribution is 2.31. The number of amides is 1. The van der Waals surface area contributed by atoms with Crippen molar-refractivity contribution in [3.63, 3.8) is 0 Å². The number of nitrogens with one attached hydrogen (secondary N) is 1. The van der Waals surface area contributed by atoms with Crippen molar-refractivity contribution in [2.45, 2.75) is 23.5 Å². The lowest BCUT2D eigenvalue weighted by atomic mass is 10.2. The molecule has 0 aliphatic heterocycles. The number of hydrogen-bond acceptors (Lipinski definition) is 4. The van der Waals surface area contributed by atoms with E-state index in [-0.39, 0.29) is 11.2 Å². The van der Waals surface area contributed by atoms with Crippen LogP contribution in [-0.2, 0) is 4.79 Å². The fourth-order valence-electron chi connectivity index (χ4n) is 2.11. The first-order valence-corrected chi connectivity index (χ1v) is 8.78. The number of rotatable bonds is 7. The molecule has 0 saturated heterocycles. The van der Waals surface area contributed by atoms with Gasteiger partial charge in [0, 0.05) is 16.0 Å². The Morgan fingerprint density at radius 1 is 1.17 bits per heavy atom. The van der Waals surface area contributed by atoms with Gasteiger partial charge < -0.3 is 14.8 Å². The van der Waals surface area contributed by atoms with Crippen LogP contribution in [0.4, 0.5) is 5.69 Å². The van der Waals surface area contributed by atoms with Crippen molar-refractivity contribution in [1.29, 1.82) is 0 Å². The minimum absolute atomic E-state index is 0.0686. The molecule has 0 spiro atoms. The molecule has 0 aromatic heterocycles. The Morgan fingerprint density at radius 2 is 1.88 bits per heavy atom. The molecule has 2 rings (SSSR count). The molecule has 24 heavy (non-hydrogen) atoms. The molecular weight excluding hydrogens is 346 g/mol. The van der Waals surface area contributed by atoms with E-state index < -0.39 is 0 Å². The largest absolute Gasteiger partial charge is 0.497 e. The van der Waals surface area contributed by atoms with E-state index in [2.05, 4.69) is 5.32 Å². The molecule has 2 aromatic rings. The molecule has 0 heterocycles. The summed E-state index contributed by atoms with van der Waals surface area (Å²) in [4.78, 5) is 13.6. The van der Waals surface area contributed by atoms with E-state index in [1.54, 1.807) is 32.4 Å². The highest BCUT2D eigenvalue weighted by Gasteiger charge is 2.19. The third kappa shape index (κ3) is 4.82. The topological polar surface area (TPSA) is 47.6 Å². The Morgan fingerprint density at radius 3 is 2.46 bits per heavy atom. The highest BCUT2D eigenvalue weighted by molar-refractivity contribution is 8.00. The second-order valence-corrected chi connectivity index (χ2v) is 6.74. The van der Waals surface area contributed by atoms with Gasteiger partial charge in [-0.05, 0) is 42.8 Å². The van der Waals surface area contributed by atoms with Crippen LogP contribution in [-0.4, -0.2) is 25.4 Å². The zero-order chi connectivity index (χ0) is 17.5. The number of hydrogen-bond donors (Lipinski definition) is 1. The van der Waals surface area contributed by atoms with E-state index in [1.807, 2.05) is 31.2 Å². The van der Waals surface area contributed by atoms with Crippen LogP contribution < -0.4 is 14.8 Å². The number of thioether (sulfide) groups is 1. The quantitative estimate of drug-likeness (QED) is 0.711. The SMILES string of the molecule is CCC(Sc1ccc(Cl)cc1)C(=O)Nc1ccc(OC)cc1OC. The zero-order valence-corrected chi connectivity index (χ0v) is 15.4. The first kappa shape index (κ1) is 18.5. The molecule has 0 fully saturated rings. The van der Waals surface area contributed by atoms with Gasteiger partial charge in [-0.2, -0.15) is 0 Å². The molecule has 6 heteroatoms. The maximum atomic E-state index is 12.6. The molecule has 0 aliphatic carbocycles. The Bertz CT molecular complexity index is 691. The highest BCUT2D eigenvalue weighted by atomic mass is 35.5. The van der Waals surface area contributed by atoms with Crippen LogP contribution in [0.1, 0.15) is 13.3 Å². The third-order valence-corrected chi connectivity index (χ3v) is 5.05. The third-order valence-electron chi connectivity index (χ3n) is 3.42. The summed E-state index contributed by atoms with van der Waals surface area (Å²) in [6, 6.07) is 12.8. The van der Waals surface area contributed by atoms with Crippen LogP contribution >= 0.6 is 23.4 Å². The van der Waals surface area contributed by atoms with Crippen molar-refractivity contribution in [3.05, 3.63) is 47.5 Å². The zero-order valence-electron chi connectivity index (χ0n) is 13.8. The number of carbonyl (C=O) groups excluding carboxylic acids is 1. The molecule has 0 saturated carbocycles. The normalized spacial score (nSPS) is 11.7. The number of anilines is 1. The van der Waals surface area contributed by atoms with Gasteiger partial charge in [0.15, 0.2) is 0 Å². The molecule has 2 aromatic carbocycles. The summed E-state index contributed by atoms with van der Waals surface area (Å²) in [6.45, 7) is 1.98. The van der Waals surface area contributed by atoms with Crippen LogP contribution in [0.5, 0.6) is 11.5 Å². The van der Waals surface area contributed by atoms with Gasteiger partial charge in [-0.25, -0.2) is 0 Å². The van der Waals surface area contributed by atoms with E-state index in [9.17, 15) is 4.79 Å². The molecule has 4 nitrogen and oxygen atoms in total. The van der Waals surface area contributed by atoms with Crippen molar-refractivity contribution < 1.29 is 14.3 Å². The van der Waals surface area contributed by atoms with Crippen LogP contribution in [0.15, 0.2) is 47.4 Å². The fraction of sp³-hybridized carbons (Fsp3) is 0.278. The van der Waals surface area contributed by atoms with Gasteiger partial charge in [-0.1, -0.05) is 18.5 Å². The van der Waals surface area contributed by atoms with E-state index in [1.165, 1.54) is 11.8 Å². The van der Waals surface area contributed by atoms with Gasteiger partial charge in [-0.15, -0.1) is 11.8 Å². The predicted octanol–water partition coefficient (Wildman–Crippen LogP) is 4.87. The van der Waals surface area contributed by atoms with Crippen LogP contribution in [0.25, 0.3) is 0 Å². The Balaban J connectivity index is 2.10. The smallest absolute Gasteiger partial charge is 0.237 e. The fourth-order valence-corrected chi connectivity index (χ4v) is 3.20. The van der Waals surface area contributed by atoms with Crippen LogP contribution in [0, 0.1) is 0 Å². The van der Waals surface area contributed by atoms with Crippen molar-refractivity contribution in [2.75, 3.05) is 19.5 Å². The number of halogens is 1. The van der Waals surface area contributed by atoms with Crippen LogP contribution in [0.2, 0.25) is 5.02 Å². The minimum Gasteiger partial charge on any atom is -0.497 e. The predicted molar refractivity (Wildman–Crippen MR) is 99.6 cm³/mol. The maximum absolute atomic E-state index is 12.6. The lowest BCUT2D eigenvalue weighted by molar-refractivity contribution is -0.115. The van der Waals surface area contributed by atoms with E-state index in [4.69, 9.17) is 21.1 Å². The average Bonchev–Trinajstić information content (AvgIpc) is 2.61. The van der Waals surface area contributed by atoms with Gasteiger partial charge in [0.05, 0.1) is 25.2 Å². The minimum atomic E-state index is -0.210. The summed E-state index contributed by atoms with van der Waals surface area (Å²) in [7, 11) is 3.15. The monoisotopic (exact) mass is 365 g/mol. The van der Waals surface area contributed by atoms with E-state index in [0.717, 1.165) is 4.90 Å². The summed E-state index contributed by atoms with van der Waals surface area (Å²) in [6.07, 6.45) is 0.706. The lowest BCUT2D eigenvalue weighted by Gasteiger charge is -2.17. The molecule has 1 N–H and O–H groups in total. The standard InChI is InChI=1S/C18H20ClNO3S/c1-4-17(24-14-8-5-12(19)6-9-14)18(21)20-15-10-7-13(22-2)11-16(15)23-3/h5-11,17H,4H2,1-3H3,(H,20,21). The van der Waals surface area contributed by atoms with Crippen molar-refractivity contribution in [3.8, 4) is 11.5 Å². The summed E-state index contributed by atoms with van der Waals surface area (Å²) < 4.78 is 10.5. The lowest BCUT2D eigenvalue weighted by Crippen LogP contribution is -2.24. The number of carbonyl (C=O) groups is 1. The van der Waals surface area contributed by atoms with Gasteiger partial charge in [0.1, 0.15) is 11.5 Å². The first-order chi connectivity index (χ1) is 11.6. The second-order valence-electron chi connectivity index (χ2n) is 5.02. The summed E-state index contributed by atoms with van der Waals surface area (Å²) >= 11 is 7.41. The maximum Gasteiger partial charge on any atom is 0.237 e. The molecule has 0 bridgehead atoms. The first-order valence-electron chi connectivity index (χ1n) is 7.52. The van der Waals surface area contributed by atoms with Crippen molar-refractivity contribution >= 4 is 35.0 Å². The van der Waals surface area contributed by atoms with Gasteiger partial charge in [0.2, 0.25) is 5.91 Å². The summed E-state index contributed by atoms with van der Waals surface area (Å²) in [5.41, 5.74) is 0.624.